The van der Waals surface area contributed by atoms with Gasteiger partial charge in [-0.1, -0.05) is 6.07 Å². The van der Waals surface area contributed by atoms with Crippen LogP contribution in [0, 0.1) is 18.7 Å². The van der Waals surface area contributed by atoms with Gasteiger partial charge in [-0.15, -0.1) is 0 Å². The summed E-state index contributed by atoms with van der Waals surface area (Å²) in [6.45, 7) is 2.16. The van der Waals surface area contributed by atoms with Gasteiger partial charge in [0.2, 0.25) is 15.9 Å². The number of nitrogens with zero attached hydrogens (tertiary/aromatic N) is 1. The Labute approximate surface area is 135 Å². The molecule has 1 N–H and O–H groups in total. The normalized spacial score (nSPS) is 22.8. The van der Waals surface area contributed by atoms with Gasteiger partial charge in [-0.05, 0) is 50.3 Å². The van der Waals surface area contributed by atoms with Crippen LogP contribution in [0.2, 0.25) is 0 Å². The lowest BCUT2D eigenvalue weighted by Gasteiger charge is -2.31. The fourth-order valence-corrected chi connectivity index (χ4v) is 4.54. The number of halogens is 1. The van der Waals surface area contributed by atoms with Crippen molar-refractivity contribution < 1.29 is 17.6 Å². The van der Waals surface area contributed by atoms with Crippen molar-refractivity contribution in [1.29, 1.82) is 0 Å². The number of carbonyl (C=O) groups is 1. The van der Waals surface area contributed by atoms with Crippen molar-refractivity contribution in [2.24, 2.45) is 5.92 Å². The predicted molar refractivity (Wildman–Crippen MR) is 83.8 cm³/mol. The summed E-state index contributed by atoms with van der Waals surface area (Å²) in [4.78, 5) is 11.9. The van der Waals surface area contributed by atoms with Crippen LogP contribution in [0.5, 0.6) is 0 Å². The first-order valence-corrected chi connectivity index (χ1v) is 9.38. The zero-order valence-electron chi connectivity index (χ0n) is 13.1. The van der Waals surface area contributed by atoms with E-state index in [1.165, 1.54) is 22.5 Å². The van der Waals surface area contributed by atoms with Crippen LogP contribution in [0.1, 0.15) is 31.2 Å². The SMILES string of the molecule is Cc1ccc(F)c(S(=O)(=O)N2CCC[C@@H](C(=O)NC3CC3)C2)c1. The fourth-order valence-electron chi connectivity index (χ4n) is 2.87. The van der Waals surface area contributed by atoms with E-state index in [4.69, 9.17) is 0 Å². The molecule has 1 amide bonds. The van der Waals surface area contributed by atoms with E-state index >= 15 is 0 Å². The van der Waals surface area contributed by atoms with Gasteiger partial charge in [0.25, 0.3) is 0 Å². The minimum atomic E-state index is -3.92. The standard InChI is InChI=1S/C16H21FN2O3S/c1-11-4-7-14(17)15(9-11)23(21,22)19-8-2-3-12(10-19)16(20)18-13-5-6-13/h4,7,9,12-13H,2-3,5-6,8,10H2,1H3,(H,18,20)/t12-/m1/s1. The average Bonchev–Trinajstić information content (AvgIpc) is 3.33. The van der Waals surface area contributed by atoms with E-state index in [0.717, 1.165) is 12.8 Å². The maximum Gasteiger partial charge on any atom is 0.246 e. The average molecular weight is 340 g/mol. The number of hydrogen-bond acceptors (Lipinski definition) is 3. The number of hydrogen-bond donors (Lipinski definition) is 1. The number of nitrogens with one attached hydrogen (secondary N) is 1. The lowest BCUT2D eigenvalue weighted by atomic mass is 9.99. The van der Waals surface area contributed by atoms with Crippen molar-refractivity contribution in [1.82, 2.24) is 9.62 Å². The molecule has 0 aromatic heterocycles. The van der Waals surface area contributed by atoms with Crippen LogP contribution in [0.25, 0.3) is 0 Å². The molecule has 0 unspecified atom stereocenters. The lowest BCUT2D eigenvalue weighted by molar-refractivity contribution is -0.126. The zero-order chi connectivity index (χ0) is 16.6. The van der Waals surface area contributed by atoms with Crippen molar-refractivity contribution in [2.75, 3.05) is 13.1 Å². The smallest absolute Gasteiger partial charge is 0.246 e. The molecular weight excluding hydrogens is 319 g/mol. The van der Waals surface area contributed by atoms with Crippen molar-refractivity contribution in [3.63, 3.8) is 0 Å². The van der Waals surface area contributed by atoms with Gasteiger partial charge < -0.3 is 5.32 Å². The third-order valence-electron chi connectivity index (χ3n) is 4.38. The quantitative estimate of drug-likeness (QED) is 0.909. The van der Waals surface area contributed by atoms with Crippen LogP contribution in [-0.4, -0.2) is 37.8 Å². The summed E-state index contributed by atoms with van der Waals surface area (Å²) in [5, 5.41) is 2.92. The molecular formula is C16H21FN2O3S. The van der Waals surface area contributed by atoms with E-state index in [0.29, 0.717) is 24.9 Å². The highest BCUT2D eigenvalue weighted by molar-refractivity contribution is 7.89. The Bertz CT molecular complexity index is 716. The minimum Gasteiger partial charge on any atom is -0.353 e. The number of amides is 1. The van der Waals surface area contributed by atoms with Gasteiger partial charge in [-0.3, -0.25) is 4.79 Å². The van der Waals surface area contributed by atoms with Gasteiger partial charge in [0.1, 0.15) is 10.7 Å². The molecule has 126 valence electrons. The molecule has 1 heterocycles. The van der Waals surface area contributed by atoms with Gasteiger partial charge in [-0.2, -0.15) is 4.31 Å². The summed E-state index contributed by atoms with van der Waals surface area (Å²) in [5.74, 6) is -1.19. The Kier molecular flexibility index (Phi) is 4.42. The Morgan fingerprint density at radius 2 is 2.04 bits per heavy atom. The molecule has 1 aromatic carbocycles. The minimum absolute atomic E-state index is 0.0860. The third kappa shape index (κ3) is 3.55. The summed E-state index contributed by atoms with van der Waals surface area (Å²) in [6, 6.07) is 4.31. The monoisotopic (exact) mass is 340 g/mol. The molecule has 2 aliphatic rings. The number of rotatable bonds is 4. The van der Waals surface area contributed by atoms with E-state index in [-0.39, 0.29) is 29.3 Å². The van der Waals surface area contributed by atoms with Gasteiger partial charge in [0, 0.05) is 19.1 Å². The Balaban J connectivity index is 1.79. The van der Waals surface area contributed by atoms with E-state index < -0.39 is 15.8 Å². The van der Waals surface area contributed by atoms with Gasteiger partial charge in [0.05, 0.1) is 5.92 Å². The van der Waals surface area contributed by atoms with E-state index in [1.807, 2.05) is 0 Å². The molecule has 1 aliphatic heterocycles. The first-order valence-electron chi connectivity index (χ1n) is 7.94. The fraction of sp³-hybridized carbons (Fsp3) is 0.562. The van der Waals surface area contributed by atoms with E-state index in [9.17, 15) is 17.6 Å². The predicted octanol–water partition coefficient (Wildman–Crippen LogP) is 1.81. The van der Waals surface area contributed by atoms with Crippen LogP contribution < -0.4 is 5.32 Å². The molecule has 1 saturated heterocycles. The topological polar surface area (TPSA) is 66.5 Å². The molecule has 3 rings (SSSR count). The number of sulfonamides is 1. The van der Waals surface area contributed by atoms with Crippen molar-refractivity contribution in [2.45, 2.75) is 43.5 Å². The summed E-state index contributed by atoms with van der Waals surface area (Å²) in [6.07, 6.45) is 3.26. The second-order valence-corrected chi connectivity index (χ2v) is 8.33. The summed E-state index contributed by atoms with van der Waals surface area (Å²) in [7, 11) is -3.92. The summed E-state index contributed by atoms with van der Waals surface area (Å²) < 4.78 is 40.6. The first kappa shape index (κ1) is 16.4. The molecule has 0 radical (unpaired) electrons. The second-order valence-electron chi connectivity index (χ2n) is 6.42. The molecule has 5 nitrogen and oxygen atoms in total. The Morgan fingerprint density at radius 3 is 2.74 bits per heavy atom. The Morgan fingerprint density at radius 1 is 1.30 bits per heavy atom. The largest absolute Gasteiger partial charge is 0.353 e. The summed E-state index contributed by atoms with van der Waals surface area (Å²) >= 11 is 0. The first-order chi connectivity index (χ1) is 10.9. The molecule has 1 aromatic rings. The number of piperidine rings is 1. The van der Waals surface area contributed by atoms with Gasteiger partial charge in [-0.25, -0.2) is 12.8 Å². The second kappa shape index (κ2) is 6.20. The van der Waals surface area contributed by atoms with Crippen LogP contribution in [0.15, 0.2) is 23.1 Å². The molecule has 1 atom stereocenters. The number of carbonyl (C=O) groups excluding carboxylic acids is 1. The van der Waals surface area contributed by atoms with Crippen LogP contribution >= 0.6 is 0 Å². The molecule has 0 spiro atoms. The van der Waals surface area contributed by atoms with Crippen LogP contribution in [-0.2, 0) is 14.8 Å². The molecule has 23 heavy (non-hydrogen) atoms. The number of benzene rings is 1. The molecule has 0 bridgehead atoms. The molecule has 2 fully saturated rings. The summed E-state index contributed by atoms with van der Waals surface area (Å²) in [5.41, 5.74) is 0.685. The lowest BCUT2D eigenvalue weighted by Crippen LogP contribution is -2.46. The van der Waals surface area contributed by atoms with E-state index in [1.54, 1.807) is 6.92 Å². The highest BCUT2D eigenvalue weighted by atomic mass is 32.2. The van der Waals surface area contributed by atoms with E-state index in [2.05, 4.69) is 5.32 Å². The maximum atomic E-state index is 14.0. The molecule has 1 saturated carbocycles. The maximum absolute atomic E-state index is 14.0. The van der Waals surface area contributed by atoms with Crippen LogP contribution in [0.4, 0.5) is 4.39 Å². The van der Waals surface area contributed by atoms with Crippen molar-refractivity contribution in [3.05, 3.63) is 29.6 Å². The zero-order valence-corrected chi connectivity index (χ0v) is 13.9. The Hall–Kier alpha value is -1.47. The molecule has 1 aliphatic carbocycles. The van der Waals surface area contributed by atoms with Crippen molar-refractivity contribution >= 4 is 15.9 Å². The van der Waals surface area contributed by atoms with Gasteiger partial charge in [0.15, 0.2) is 0 Å². The highest BCUT2D eigenvalue weighted by Crippen LogP contribution is 2.27. The highest BCUT2D eigenvalue weighted by Gasteiger charge is 2.36. The third-order valence-corrected chi connectivity index (χ3v) is 6.26. The van der Waals surface area contributed by atoms with Crippen molar-refractivity contribution in [3.8, 4) is 0 Å². The van der Waals surface area contributed by atoms with Crippen LogP contribution in [0.3, 0.4) is 0 Å². The molecule has 7 heteroatoms. The number of aryl methyl sites for hydroxylation is 1. The van der Waals surface area contributed by atoms with Gasteiger partial charge >= 0.3 is 0 Å².